The highest BCUT2D eigenvalue weighted by Crippen LogP contribution is 2.29. The lowest BCUT2D eigenvalue weighted by atomic mass is 10.2. The van der Waals surface area contributed by atoms with Gasteiger partial charge in [0.25, 0.3) is 11.8 Å². The third-order valence-electron chi connectivity index (χ3n) is 5.03. The van der Waals surface area contributed by atoms with Gasteiger partial charge in [0.05, 0.1) is 6.33 Å². The zero-order valence-electron chi connectivity index (χ0n) is 18.1. The normalized spacial score (nSPS) is 10.8. The summed E-state index contributed by atoms with van der Waals surface area (Å²) >= 11 is 0. The van der Waals surface area contributed by atoms with Gasteiger partial charge >= 0.3 is 0 Å². The van der Waals surface area contributed by atoms with Crippen LogP contribution in [0.5, 0.6) is 11.6 Å². The van der Waals surface area contributed by atoms with Crippen molar-refractivity contribution in [3.8, 4) is 23.0 Å². The number of hydrogen-bond donors (Lipinski definition) is 1. The fourth-order valence-corrected chi connectivity index (χ4v) is 3.41. The van der Waals surface area contributed by atoms with Crippen molar-refractivity contribution in [1.82, 2.24) is 24.5 Å². The lowest BCUT2D eigenvalue weighted by Crippen LogP contribution is -2.11. The van der Waals surface area contributed by atoms with E-state index in [2.05, 4.69) is 25.3 Å². The Morgan fingerprint density at radius 1 is 1.03 bits per heavy atom. The third kappa shape index (κ3) is 4.27. The molecule has 0 unspecified atom stereocenters. The molecule has 3 aromatic heterocycles. The number of anilines is 1. The minimum atomic E-state index is -0.229. The van der Waals surface area contributed by atoms with Crippen molar-refractivity contribution in [3.05, 3.63) is 90.5 Å². The van der Waals surface area contributed by atoms with Gasteiger partial charge in [-0.25, -0.2) is 9.97 Å². The van der Waals surface area contributed by atoms with Crippen LogP contribution in [0.3, 0.4) is 0 Å². The predicted molar refractivity (Wildman–Crippen MR) is 125 cm³/mol. The number of amides is 1. The summed E-state index contributed by atoms with van der Waals surface area (Å²) in [7, 11) is 1.86. The molecule has 3 heterocycles. The maximum atomic E-state index is 12.8. The molecule has 162 valence electrons. The molecular formula is C25H20N6O2. The van der Waals surface area contributed by atoms with Gasteiger partial charge < -0.3 is 14.6 Å². The zero-order valence-corrected chi connectivity index (χ0v) is 18.1. The van der Waals surface area contributed by atoms with Crippen molar-refractivity contribution in [1.29, 1.82) is 0 Å². The van der Waals surface area contributed by atoms with E-state index in [0.29, 0.717) is 34.2 Å². The third-order valence-corrected chi connectivity index (χ3v) is 5.03. The lowest BCUT2D eigenvalue weighted by molar-refractivity contribution is 0.102. The molecule has 0 atom stereocenters. The molecule has 0 fully saturated rings. The van der Waals surface area contributed by atoms with Crippen molar-refractivity contribution in [2.45, 2.75) is 6.92 Å². The molecule has 8 heteroatoms. The zero-order chi connectivity index (χ0) is 22.8. The fourth-order valence-electron chi connectivity index (χ4n) is 3.41. The largest absolute Gasteiger partial charge is 0.437 e. The average molecular weight is 436 g/mol. The minimum Gasteiger partial charge on any atom is -0.437 e. The molecule has 0 saturated carbocycles. The monoisotopic (exact) mass is 436 g/mol. The maximum absolute atomic E-state index is 12.8. The van der Waals surface area contributed by atoms with Crippen LogP contribution in [0, 0.1) is 6.92 Å². The minimum absolute atomic E-state index is 0.229. The van der Waals surface area contributed by atoms with E-state index in [1.807, 2.05) is 50.4 Å². The molecule has 2 aromatic carbocycles. The predicted octanol–water partition coefficient (Wildman–Crippen LogP) is 4.78. The number of nitrogens with one attached hydrogen (secondary N) is 1. The van der Waals surface area contributed by atoms with Crippen molar-refractivity contribution in [2.24, 2.45) is 7.05 Å². The van der Waals surface area contributed by atoms with Crippen LogP contribution in [0.25, 0.3) is 22.6 Å². The Bertz CT molecular complexity index is 1460. The average Bonchev–Trinajstić information content (AvgIpc) is 3.21. The first-order chi connectivity index (χ1) is 16.1. The van der Waals surface area contributed by atoms with E-state index in [1.54, 1.807) is 47.6 Å². The highest BCUT2D eigenvalue weighted by molar-refractivity contribution is 6.04. The second-order valence-electron chi connectivity index (χ2n) is 7.58. The van der Waals surface area contributed by atoms with E-state index < -0.39 is 0 Å². The maximum Gasteiger partial charge on any atom is 0.255 e. The molecule has 0 aliphatic carbocycles. The summed E-state index contributed by atoms with van der Waals surface area (Å²) in [5.41, 5.74) is 4.19. The molecule has 1 N–H and O–H groups in total. The van der Waals surface area contributed by atoms with Crippen LogP contribution in [-0.4, -0.2) is 30.4 Å². The van der Waals surface area contributed by atoms with Crippen LogP contribution >= 0.6 is 0 Å². The molecule has 5 aromatic rings. The van der Waals surface area contributed by atoms with Gasteiger partial charge in [0, 0.05) is 36.3 Å². The summed E-state index contributed by atoms with van der Waals surface area (Å²) in [4.78, 5) is 30.5. The summed E-state index contributed by atoms with van der Waals surface area (Å²) in [5, 5.41) is 2.91. The van der Waals surface area contributed by atoms with E-state index in [9.17, 15) is 4.79 Å². The topological polar surface area (TPSA) is 94.8 Å². The summed E-state index contributed by atoms with van der Waals surface area (Å²) in [6.45, 7) is 1.98. The van der Waals surface area contributed by atoms with Gasteiger partial charge in [-0.2, -0.15) is 4.98 Å². The molecule has 0 radical (unpaired) electrons. The van der Waals surface area contributed by atoms with E-state index in [-0.39, 0.29) is 5.91 Å². The Kier molecular flexibility index (Phi) is 5.24. The molecule has 0 spiro atoms. The Morgan fingerprint density at radius 3 is 2.73 bits per heavy atom. The van der Waals surface area contributed by atoms with Crippen LogP contribution in [0.2, 0.25) is 0 Å². The fraction of sp³-hybridized carbons (Fsp3) is 0.0800. The van der Waals surface area contributed by atoms with Crippen LogP contribution in [0.15, 0.2) is 79.4 Å². The standard InChI is InChI=1S/C25H20N6O2/c1-16-6-3-9-19(12-16)28-24(32)17-7-4-10-20(13-17)33-25-21-23(31(2)15-27-21)29-22(30-25)18-8-5-11-26-14-18/h3-15H,1-2H3,(H,28,32). The number of carbonyl (C=O) groups excluding carboxylic acids is 1. The van der Waals surface area contributed by atoms with Crippen LogP contribution in [-0.2, 0) is 7.05 Å². The number of carbonyl (C=O) groups is 1. The van der Waals surface area contributed by atoms with Gasteiger partial charge in [-0.1, -0.05) is 18.2 Å². The molecule has 0 aliphatic rings. The highest BCUT2D eigenvalue weighted by Gasteiger charge is 2.16. The number of fused-ring (bicyclic) bond motifs is 1. The number of pyridine rings is 1. The van der Waals surface area contributed by atoms with E-state index >= 15 is 0 Å². The van der Waals surface area contributed by atoms with Crippen LogP contribution in [0.4, 0.5) is 5.69 Å². The second kappa shape index (κ2) is 8.51. The number of hydrogen-bond acceptors (Lipinski definition) is 6. The molecule has 1 amide bonds. The van der Waals surface area contributed by atoms with Gasteiger partial charge in [-0.05, 0) is 55.0 Å². The number of ether oxygens (including phenoxy) is 1. The van der Waals surface area contributed by atoms with Gasteiger partial charge in [0.2, 0.25) is 0 Å². The first-order valence-corrected chi connectivity index (χ1v) is 10.3. The van der Waals surface area contributed by atoms with Gasteiger partial charge in [0.1, 0.15) is 5.75 Å². The quantitative estimate of drug-likeness (QED) is 0.426. The van der Waals surface area contributed by atoms with Crippen LogP contribution in [0.1, 0.15) is 15.9 Å². The van der Waals surface area contributed by atoms with E-state index in [0.717, 1.165) is 16.8 Å². The van der Waals surface area contributed by atoms with Gasteiger partial charge in [0.15, 0.2) is 17.0 Å². The van der Waals surface area contributed by atoms with Crippen molar-refractivity contribution in [2.75, 3.05) is 5.32 Å². The number of nitrogens with zero attached hydrogens (tertiary/aromatic N) is 5. The number of aromatic nitrogens is 5. The van der Waals surface area contributed by atoms with E-state index in [1.165, 1.54) is 0 Å². The molecule has 8 nitrogen and oxygen atoms in total. The molecule has 5 rings (SSSR count). The van der Waals surface area contributed by atoms with Gasteiger partial charge in [-0.15, -0.1) is 0 Å². The van der Waals surface area contributed by atoms with Crippen molar-refractivity contribution >= 4 is 22.8 Å². The number of imidazole rings is 1. The SMILES string of the molecule is Cc1cccc(NC(=O)c2cccc(Oc3nc(-c4cccnc4)nc4c3ncn4C)c2)c1. The molecule has 0 aliphatic heterocycles. The first-order valence-electron chi connectivity index (χ1n) is 10.3. The highest BCUT2D eigenvalue weighted by atomic mass is 16.5. The molecule has 0 bridgehead atoms. The Labute approximate surface area is 190 Å². The Morgan fingerprint density at radius 2 is 1.91 bits per heavy atom. The van der Waals surface area contributed by atoms with Crippen molar-refractivity contribution < 1.29 is 9.53 Å². The summed E-state index contributed by atoms with van der Waals surface area (Å²) in [6, 6.07) is 18.3. The van der Waals surface area contributed by atoms with Crippen molar-refractivity contribution in [3.63, 3.8) is 0 Å². The second-order valence-corrected chi connectivity index (χ2v) is 7.58. The summed E-state index contributed by atoms with van der Waals surface area (Å²) < 4.78 is 7.90. The van der Waals surface area contributed by atoms with Gasteiger partial charge in [-0.3, -0.25) is 9.78 Å². The molecule has 0 saturated heterocycles. The number of aryl methyl sites for hydroxylation is 2. The summed E-state index contributed by atoms with van der Waals surface area (Å²) in [6.07, 6.45) is 5.04. The smallest absolute Gasteiger partial charge is 0.255 e. The lowest BCUT2D eigenvalue weighted by Gasteiger charge is -2.10. The molecule has 33 heavy (non-hydrogen) atoms. The first kappa shape index (κ1) is 20.3. The number of benzene rings is 2. The number of rotatable bonds is 5. The van der Waals surface area contributed by atoms with E-state index in [4.69, 9.17) is 4.74 Å². The molecular weight excluding hydrogens is 416 g/mol. The Balaban J connectivity index is 1.47. The van der Waals surface area contributed by atoms with Crippen LogP contribution < -0.4 is 10.1 Å². The Hall–Kier alpha value is -4.59. The summed E-state index contributed by atoms with van der Waals surface area (Å²) in [5.74, 6) is 1.01.